The average Bonchev–Trinajstić information content (AvgIpc) is 2.86. The highest BCUT2D eigenvalue weighted by atomic mass is 35.5. The van der Waals surface area contributed by atoms with Crippen molar-refractivity contribution in [1.29, 1.82) is 0 Å². The Kier molecular flexibility index (Phi) is 4.19. The van der Waals surface area contributed by atoms with E-state index >= 15 is 0 Å². The fraction of sp³-hybridized carbons (Fsp3) is 0.389. The van der Waals surface area contributed by atoms with E-state index in [0.29, 0.717) is 11.4 Å². The molecule has 2 heteroatoms. The zero-order valence-corrected chi connectivity index (χ0v) is 13.3. The molecule has 106 valence electrons. The fourth-order valence-electron chi connectivity index (χ4n) is 2.66. The van der Waals surface area contributed by atoms with Gasteiger partial charge >= 0.3 is 0 Å². The summed E-state index contributed by atoms with van der Waals surface area (Å²) in [5.41, 5.74) is 4.43. The van der Waals surface area contributed by atoms with Crippen LogP contribution in [-0.4, -0.2) is 5.78 Å². The summed E-state index contributed by atoms with van der Waals surface area (Å²) in [5, 5.41) is 0.620. The molecule has 1 nitrogen and oxygen atoms in total. The largest absolute Gasteiger partial charge is 0.294 e. The predicted octanol–water partition coefficient (Wildman–Crippen LogP) is 5.69. The van der Waals surface area contributed by atoms with Gasteiger partial charge in [0, 0.05) is 17.0 Å². The van der Waals surface area contributed by atoms with Crippen molar-refractivity contribution in [1.82, 2.24) is 0 Å². The van der Waals surface area contributed by atoms with Crippen LogP contribution in [0.1, 0.15) is 56.5 Å². The molecule has 0 unspecified atom stereocenters. The molecule has 0 N–H and O–H groups in total. The summed E-state index contributed by atoms with van der Waals surface area (Å²) < 4.78 is 0. The number of allylic oxidation sites excluding steroid dienone is 4. The normalized spacial score (nSPS) is 15.1. The highest BCUT2D eigenvalue weighted by molar-refractivity contribution is 6.31. The van der Waals surface area contributed by atoms with Crippen LogP contribution in [0.3, 0.4) is 0 Å². The Hall–Kier alpha value is -1.34. The number of halogens is 1. The van der Waals surface area contributed by atoms with Crippen molar-refractivity contribution in [2.75, 3.05) is 0 Å². The van der Waals surface area contributed by atoms with Gasteiger partial charge in [-0.1, -0.05) is 57.5 Å². The number of rotatable bonds is 3. The minimum Gasteiger partial charge on any atom is -0.294 e. The first kappa shape index (κ1) is 15.1. The van der Waals surface area contributed by atoms with Crippen molar-refractivity contribution in [2.45, 2.75) is 40.5 Å². The van der Waals surface area contributed by atoms with Crippen LogP contribution in [0.25, 0.3) is 5.57 Å². The van der Waals surface area contributed by atoms with Crippen LogP contribution >= 0.6 is 11.6 Å². The number of hydrogen-bond acceptors (Lipinski definition) is 1. The SMILES string of the molecule is CCC(=O)c1cc(Cl)ccc1C1=C(C(C)(C)C)C=CC1. The van der Waals surface area contributed by atoms with Crippen LogP contribution < -0.4 is 0 Å². The summed E-state index contributed by atoms with van der Waals surface area (Å²) >= 11 is 6.07. The molecule has 0 aliphatic heterocycles. The van der Waals surface area contributed by atoms with Gasteiger partial charge in [0.2, 0.25) is 0 Å². The summed E-state index contributed by atoms with van der Waals surface area (Å²) in [6, 6.07) is 5.66. The standard InChI is InChI=1S/C18H21ClO/c1-5-17(20)15-11-12(19)9-10-13(15)14-7-6-8-16(14)18(2,3)4/h6,8-11H,5,7H2,1-4H3. The second-order valence-corrected chi connectivity index (χ2v) is 6.65. The monoisotopic (exact) mass is 288 g/mol. The maximum Gasteiger partial charge on any atom is 0.163 e. The second kappa shape index (κ2) is 5.57. The Morgan fingerprint density at radius 1 is 1.30 bits per heavy atom. The zero-order chi connectivity index (χ0) is 14.9. The molecule has 1 aliphatic rings. The molecule has 0 fully saturated rings. The summed E-state index contributed by atoms with van der Waals surface area (Å²) in [7, 11) is 0. The van der Waals surface area contributed by atoms with Gasteiger partial charge in [0.05, 0.1) is 0 Å². The lowest BCUT2D eigenvalue weighted by molar-refractivity contribution is 0.0988. The van der Waals surface area contributed by atoms with Crippen molar-refractivity contribution < 1.29 is 4.79 Å². The number of hydrogen-bond donors (Lipinski definition) is 0. The molecule has 1 aliphatic carbocycles. The predicted molar refractivity (Wildman–Crippen MR) is 86.2 cm³/mol. The number of carbonyl (C=O) groups is 1. The molecule has 0 spiro atoms. The van der Waals surface area contributed by atoms with E-state index in [0.717, 1.165) is 17.5 Å². The van der Waals surface area contributed by atoms with Crippen LogP contribution in [-0.2, 0) is 0 Å². The number of carbonyl (C=O) groups excluding carboxylic acids is 1. The van der Waals surface area contributed by atoms with Gasteiger partial charge in [0.25, 0.3) is 0 Å². The quantitative estimate of drug-likeness (QED) is 0.653. The van der Waals surface area contributed by atoms with Crippen molar-refractivity contribution in [3.05, 3.63) is 52.1 Å². The summed E-state index contributed by atoms with van der Waals surface area (Å²) in [6.07, 6.45) is 5.74. The van der Waals surface area contributed by atoms with Crippen molar-refractivity contribution in [3.63, 3.8) is 0 Å². The average molecular weight is 289 g/mol. The minimum absolute atomic E-state index is 0.0779. The second-order valence-electron chi connectivity index (χ2n) is 6.22. The first-order valence-electron chi connectivity index (χ1n) is 7.08. The van der Waals surface area contributed by atoms with Crippen molar-refractivity contribution >= 4 is 23.0 Å². The minimum atomic E-state index is 0.0779. The Bertz CT molecular complexity index is 600. The summed E-state index contributed by atoms with van der Waals surface area (Å²) in [6.45, 7) is 8.50. The fourth-order valence-corrected chi connectivity index (χ4v) is 2.84. The Morgan fingerprint density at radius 3 is 2.60 bits per heavy atom. The van der Waals surface area contributed by atoms with E-state index in [2.05, 4.69) is 32.9 Å². The number of benzene rings is 1. The van der Waals surface area contributed by atoms with Gasteiger partial charge in [-0.3, -0.25) is 4.79 Å². The van der Waals surface area contributed by atoms with Gasteiger partial charge in [-0.15, -0.1) is 0 Å². The molecule has 0 amide bonds. The highest BCUT2D eigenvalue weighted by Gasteiger charge is 2.24. The lowest BCUT2D eigenvalue weighted by atomic mass is 9.82. The third kappa shape index (κ3) is 2.88. The van der Waals surface area contributed by atoms with Gasteiger partial charge in [-0.05, 0) is 40.7 Å². The molecule has 0 aromatic heterocycles. The smallest absolute Gasteiger partial charge is 0.163 e. The zero-order valence-electron chi connectivity index (χ0n) is 12.6. The molecular formula is C18H21ClO. The molecule has 1 aromatic rings. The maximum absolute atomic E-state index is 12.2. The molecular weight excluding hydrogens is 268 g/mol. The molecule has 0 bridgehead atoms. The molecule has 0 radical (unpaired) electrons. The van der Waals surface area contributed by atoms with Crippen LogP contribution in [0.5, 0.6) is 0 Å². The van der Waals surface area contributed by atoms with Crippen LogP contribution in [0.2, 0.25) is 5.02 Å². The molecule has 0 atom stereocenters. The maximum atomic E-state index is 12.2. The van der Waals surface area contributed by atoms with Gasteiger partial charge in [0.15, 0.2) is 5.78 Å². The summed E-state index contributed by atoms with van der Waals surface area (Å²) in [4.78, 5) is 12.2. The van der Waals surface area contributed by atoms with E-state index in [1.54, 1.807) is 6.07 Å². The van der Waals surface area contributed by atoms with Crippen LogP contribution in [0, 0.1) is 5.41 Å². The van der Waals surface area contributed by atoms with Crippen molar-refractivity contribution in [3.8, 4) is 0 Å². The highest BCUT2D eigenvalue weighted by Crippen LogP contribution is 2.40. The molecule has 20 heavy (non-hydrogen) atoms. The Morgan fingerprint density at radius 2 is 2.00 bits per heavy atom. The van der Waals surface area contributed by atoms with Gasteiger partial charge < -0.3 is 0 Å². The Balaban J connectivity index is 2.62. The van der Waals surface area contributed by atoms with E-state index in [1.807, 2.05) is 19.1 Å². The lowest BCUT2D eigenvalue weighted by Crippen LogP contribution is -2.10. The topological polar surface area (TPSA) is 17.1 Å². The van der Waals surface area contributed by atoms with Crippen LogP contribution in [0.4, 0.5) is 0 Å². The van der Waals surface area contributed by atoms with Gasteiger partial charge in [0.1, 0.15) is 0 Å². The molecule has 0 saturated carbocycles. The number of Topliss-reactive ketones (excluding diaryl/α,β-unsaturated/α-hetero) is 1. The third-order valence-corrected chi connectivity index (χ3v) is 3.90. The number of ketones is 1. The molecule has 1 aromatic carbocycles. The Labute approximate surface area is 126 Å². The van der Waals surface area contributed by atoms with E-state index < -0.39 is 0 Å². The summed E-state index contributed by atoms with van der Waals surface area (Å²) in [5.74, 6) is 0.148. The molecule has 0 saturated heterocycles. The van der Waals surface area contributed by atoms with E-state index in [1.165, 1.54) is 11.1 Å². The first-order valence-corrected chi connectivity index (χ1v) is 7.45. The van der Waals surface area contributed by atoms with E-state index in [9.17, 15) is 4.79 Å². The van der Waals surface area contributed by atoms with Gasteiger partial charge in [-0.25, -0.2) is 0 Å². The molecule has 2 rings (SSSR count). The molecule has 0 heterocycles. The van der Waals surface area contributed by atoms with E-state index in [-0.39, 0.29) is 11.2 Å². The first-order chi connectivity index (χ1) is 9.34. The van der Waals surface area contributed by atoms with Gasteiger partial charge in [-0.2, -0.15) is 0 Å². The van der Waals surface area contributed by atoms with E-state index in [4.69, 9.17) is 11.6 Å². The van der Waals surface area contributed by atoms with Crippen molar-refractivity contribution in [2.24, 2.45) is 5.41 Å². The third-order valence-electron chi connectivity index (χ3n) is 3.67. The lowest BCUT2D eigenvalue weighted by Gasteiger charge is -2.23. The van der Waals surface area contributed by atoms with Crippen LogP contribution in [0.15, 0.2) is 35.9 Å².